The first kappa shape index (κ1) is 11.4. The van der Waals surface area contributed by atoms with Gasteiger partial charge >= 0.3 is 5.97 Å². The predicted octanol–water partition coefficient (Wildman–Crippen LogP) is 2.35. The number of methoxy groups -OCH3 is 1. The zero-order chi connectivity index (χ0) is 12.4. The first-order valence-corrected chi connectivity index (χ1v) is 5.19. The standard InChI is InChI=1S/C13H12O4/c1-8(14)5-10-7-11(13(15)16-2)6-9-3-4-17-12(9)10/h3-4,6-7H,5H2,1-2H3. The minimum Gasteiger partial charge on any atom is -0.465 e. The number of rotatable bonds is 3. The molecule has 0 aliphatic carbocycles. The minimum absolute atomic E-state index is 0.0183. The highest BCUT2D eigenvalue weighted by Crippen LogP contribution is 2.23. The van der Waals surface area contributed by atoms with E-state index in [1.807, 2.05) is 0 Å². The van der Waals surface area contributed by atoms with Gasteiger partial charge in [-0.1, -0.05) is 0 Å². The number of esters is 1. The monoisotopic (exact) mass is 232 g/mol. The lowest BCUT2D eigenvalue weighted by molar-refractivity contribution is -0.116. The predicted molar refractivity (Wildman–Crippen MR) is 61.9 cm³/mol. The Hall–Kier alpha value is -2.10. The Labute approximate surface area is 98.2 Å². The van der Waals surface area contributed by atoms with E-state index in [-0.39, 0.29) is 12.2 Å². The van der Waals surface area contributed by atoms with E-state index in [0.29, 0.717) is 16.7 Å². The van der Waals surface area contributed by atoms with Crippen LogP contribution in [0.25, 0.3) is 11.0 Å². The van der Waals surface area contributed by atoms with E-state index >= 15 is 0 Å². The molecule has 0 aliphatic rings. The van der Waals surface area contributed by atoms with Crippen LogP contribution in [0.4, 0.5) is 0 Å². The van der Waals surface area contributed by atoms with E-state index in [9.17, 15) is 9.59 Å². The van der Waals surface area contributed by atoms with E-state index in [1.165, 1.54) is 20.3 Å². The number of benzene rings is 1. The van der Waals surface area contributed by atoms with Crippen molar-refractivity contribution in [1.82, 2.24) is 0 Å². The fourth-order valence-electron chi connectivity index (χ4n) is 1.79. The fraction of sp³-hybridized carbons (Fsp3) is 0.231. The Balaban J connectivity index is 2.58. The third kappa shape index (κ3) is 2.20. The van der Waals surface area contributed by atoms with Gasteiger partial charge in [-0.05, 0) is 25.1 Å². The van der Waals surface area contributed by atoms with Crippen molar-refractivity contribution in [3.8, 4) is 0 Å². The van der Waals surface area contributed by atoms with Gasteiger partial charge in [-0.3, -0.25) is 4.79 Å². The van der Waals surface area contributed by atoms with Gasteiger partial charge in [0.05, 0.1) is 18.9 Å². The summed E-state index contributed by atoms with van der Waals surface area (Å²) in [6.07, 6.45) is 1.78. The number of fused-ring (bicyclic) bond motifs is 1. The van der Waals surface area contributed by atoms with Crippen LogP contribution in [0.3, 0.4) is 0 Å². The quantitative estimate of drug-likeness (QED) is 0.762. The zero-order valence-electron chi connectivity index (χ0n) is 9.65. The molecule has 0 aliphatic heterocycles. The molecule has 2 rings (SSSR count). The van der Waals surface area contributed by atoms with Crippen LogP contribution in [-0.4, -0.2) is 18.9 Å². The fourth-order valence-corrected chi connectivity index (χ4v) is 1.79. The van der Waals surface area contributed by atoms with E-state index in [2.05, 4.69) is 4.74 Å². The molecular weight excluding hydrogens is 220 g/mol. The van der Waals surface area contributed by atoms with E-state index < -0.39 is 5.97 Å². The first-order chi connectivity index (χ1) is 8.11. The topological polar surface area (TPSA) is 56.5 Å². The Morgan fingerprint density at radius 3 is 2.76 bits per heavy atom. The zero-order valence-corrected chi connectivity index (χ0v) is 9.65. The highest BCUT2D eigenvalue weighted by Gasteiger charge is 2.13. The van der Waals surface area contributed by atoms with Crippen LogP contribution in [0.2, 0.25) is 0 Å². The number of ketones is 1. The summed E-state index contributed by atoms with van der Waals surface area (Å²) in [4.78, 5) is 22.7. The van der Waals surface area contributed by atoms with Crippen molar-refractivity contribution in [2.24, 2.45) is 0 Å². The molecule has 4 heteroatoms. The molecule has 1 heterocycles. The minimum atomic E-state index is -0.419. The number of Topliss-reactive ketones (excluding diaryl/α,β-unsaturated/α-hetero) is 1. The number of hydrogen-bond donors (Lipinski definition) is 0. The number of hydrogen-bond acceptors (Lipinski definition) is 4. The van der Waals surface area contributed by atoms with Gasteiger partial charge in [0.15, 0.2) is 0 Å². The summed E-state index contributed by atoms with van der Waals surface area (Å²) in [5.74, 6) is -0.400. The highest BCUT2D eigenvalue weighted by molar-refractivity contribution is 5.96. The van der Waals surface area contributed by atoms with Crippen molar-refractivity contribution >= 4 is 22.7 Å². The van der Waals surface area contributed by atoms with Crippen molar-refractivity contribution in [1.29, 1.82) is 0 Å². The molecule has 0 radical (unpaired) electrons. The number of furan rings is 1. The second-order valence-electron chi connectivity index (χ2n) is 3.84. The largest absolute Gasteiger partial charge is 0.465 e. The second kappa shape index (κ2) is 4.41. The summed E-state index contributed by atoms with van der Waals surface area (Å²) in [5.41, 5.74) is 1.78. The van der Waals surface area contributed by atoms with Gasteiger partial charge in [-0.15, -0.1) is 0 Å². The van der Waals surface area contributed by atoms with Gasteiger partial charge in [0.1, 0.15) is 11.4 Å². The molecule has 17 heavy (non-hydrogen) atoms. The van der Waals surface area contributed by atoms with Gasteiger partial charge in [0, 0.05) is 17.4 Å². The average molecular weight is 232 g/mol. The molecule has 0 saturated carbocycles. The molecule has 0 N–H and O–H groups in total. The van der Waals surface area contributed by atoms with E-state index in [4.69, 9.17) is 4.42 Å². The molecule has 0 saturated heterocycles. The smallest absolute Gasteiger partial charge is 0.337 e. The SMILES string of the molecule is COC(=O)c1cc(CC(C)=O)c2occc2c1. The Morgan fingerprint density at radius 2 is 2.12 bits per heavy atom. The first-order valence-electron chi connectivity index (χ1n) is 5.19. The summed E-state index contributed by atoms with van der Waals surface area (Å²) in [6, 6.07) is 5.08. The summed E-state index contributed by atoms with van der Waals surface area (Å²) < 4.78 is 9.98. The van der Waals surface area contributed by atoms with Crippen molar-refractivity contribution in [3.05, 3.63) is 35.6 Å². The van der Waals surface area contributed by atoms with Crippen molar-refractivity contribution in [2.45, 2.75) is 13.3 Å². The van der Waals surface area contributed by atoms with Crippen LogP contribution >= 0.6 is 0 Å². The molecule has 88 valence electrons. The molecule has 0 atom stereocenters. The van der Waals surface area contributed by atoms with Crippen molar-refractivity contribution in [2.75, 3.05) is 7.11 Å². The lowest BCUT2D eigenvalue weighted by Crippen LogP contribution is -2.04. The van der Waals surface area contributed by atoms with Gasteiger partial charge in [0.25, 0.3) is 0 Å². The molecule has 1 aromatic carbocycles. The lowest BCUT2D eigenvalue weighted by Gasteiger charge is -2.04. The Bertz CT molecular complexity index is 580. The summed E-state index contributed by atoms with van der Waals surface area (Å²) in [7, 11) is 1.33. The van der Waals surface area contributed by atoms with Crippen LogP contribution in [0, 0.1) is 0 Å². The molecule has 0 spiro atoms. The Morgan fingerprint density at radius 1 is 1.35 bits per heavy atom. The third-order valence-electron chi connectivity index (χ3n) is 2.49. The van der Waals surface area contributed by atoms with Gasteiger partial charge in [-0.25, -0.2) is 4.79 Å². The third-order valence-corrected chi connectivity index (χ3v) is 2.49. The summed E-state index contributed by atoms with van der Waals surface area (Å²) in [6.45, 7) is 1.50. The number of carbonyl (C=O) groups is 2. The van der Waals surface area contributed by atoms with Crippen LogP contribution < -0.4 is 0 Å². The van der Waals surface area contributed by atoms with Crippen LogP contribution in [0.1, 0.15) is 22.8 Å². The summed E-state index contributed by atoms with van der Waals surface area (Å²) in [5, 5.41) is 0.796. The van der Waals surface area contributed by atoms with E-state index in [0.717, 1.165) is 5.39 Å². The molecule has 1 aromatic heterocycles. The van der Waals surface area contributed by atoms with Crippen LogP contribution in [0.5, 0.6) is 0 Å². The number of ether oxygens (including phenoxy) is 1. The lowest BCUT2D eigenvalue weighted by atomic mass is 10.0. The summed E-state index contributed by atoms with van der Waals surface area (Å²) >= 11 is 0. The highest BCUT2D eigenvalue weighted by atomic mass is 16.5. The van der Waals surface area contributed by atoms with Crippen LogP contribution in [-0.2, 0) is 16.0 Å². The molecule has 2 aromatic rings. The molecule has 0 amide bonds. The molecular formula is C13H12O4. The number of carbonyl (C=O) groups excluding carboxylic acids is 2. The van der Waals surface area contributed by atoms with Gasteiger partial charge in [0.2, 0.25) is 0 Å². The van der Waals surface area contributed by atoms with Gasteiger partial charge < -0.3 is 9.15 Å². The average Bonchev–Trinajstić information content (AvgIpc) is 2.75. The maximum atomic E-state index is 11.5. The molecule has 0 unspecified atom stereocenters. The Kier molecular flexibility index (Phi) is 2.95. The normalized spacial score (nSPS) is 10.5. The molecule has 0 bridgehead atoms. The van der Waals surface area contributed by atoms with Crippen molar-refractivity contribution < 1.29 is 18.7 Å². The molecule has 0 fully saturated rings. The maximum Gasteiger partial charge on any atom is 0.337 e. The van der Waals surface area contributed by atoms with Gasteiger partial charge in [-0.2, -0.15) is 0 Å². The second-order valence-corrected chi connectivity index (χ2v) is 3.84. The molecule has 4 nitrogen and oxygen atoms in total. The van der Waals surface area contributed by atoms with E-state index in [1.54, 1.807) is 18.2 Å². The van der Waals surface area contributed by atoms with Crippen LogP contribution in [0.15, 0.2) is 28.9 Å². The van der Waals surface area contributed by atoms with Crippen molar-refractivity contribution in [3.63, 3.8) is 0 Å². The maximum absolute atomic E-state index is 11.5.